The zero-order valence-corrected chi connectivity index (χ0v) is 18.0. The SMILES string of the molecule is CCOc1ncccc1CNC(=NC)NCCCOCC1CCOC1.I. The molecular weight excluding hydrogens is 447 g/mol. The van der Waals surface area contributed by atoms with Crippen molar-refractivity contribution in [3.05, 3.63) is 23.9 Å². The van der Waals surface area contributed by atoms with Crippen LogP contribution in [0, 0.1) is 5.92 Å². The molecule has 0 amide bonds. The van der Waals surface area contributed by atoms with Gasteiger partial charge in [0.1, 0.15) is 0 Å². The summed E-state index contributed by atoms with van der Waals surface area (Å²) in [5.41, 5.74) is 1.01. The van der Waals surface area contributed by atoms with Crippen LogP contribution in [-0.4, -0.2) is 57.6 Å². The maximum absolute atomic E-state index is 5.70. The number of ether oxygens (including phenoxy) is 3. The molecule has 8 heteroatoms. The van der Waals surface area contributed by atoms with E-state index in [0.29, 0.717) is 24.9 Å². The fraction of sp³-hybridized carbons (Fsp3) is 0.667. The number of aliphatic imine (C=N–C) groups is 1. The minimum Gasteiger partial charge on any atom is -0.478 e. The number of guanidine groups is 1. The lowest BCUT2D eigenvalue weighted by Crippen LogP contribution is -2.37. The smallest absolute Gasteiger partial charge is 0.218 e. The number of aromatic nitrogens is 1. The molecule has 7 nitrogen and oxygen atoms in total. The molecule has 0 radical (unpaired) electrons. The molecule has 0 aliphatic carbocycles. The molecule has 2 N–H and O–H groups in total. The van der Waals surface area contributed by atoms with Gasteiger partial charge in [-0.1, -0.05) is 6.07 Å². The summed E-state index contributed by atoms with van der Waals surface area (Å²) in [6.07, 6.45) is 3.79. The van der Waals surface area contributed by atoms with E-state index in [1.54, 1.807) is 13.2 Å². The van der Waals surface area contributed by atoms with Gasteiger partial charge in [-0.05, 0) is 25.8 Å². The molecule has 1 fully saturated rings. The summed E-state index contributed by atoms with van der Waals surface area (Å²) in [7, 11) is 1.76. The number of hydrogen-bond donors (Lipinski definition) is 2. The van der Waals surface area contributed by atoms with Crippen molar-refractivity contribution in [3.63, 3.8) is 0 Å². The fourth-order valence-corrected chi connectivity index (χ4v) is 2.57. The fourth-order valence-electron chi connectivity index (χ4n) is 2.57. The Labute approximate surface area is 173 Å². The second-order valence-electron chi connectivity index (χ2n) is 5.91. The molecule has 0 spiro atoms. The summed E-state index contributed by atoms with van der Waals surface area (Å²) >= 11 is 0. The van der Waals surface area contributed by atoms with Gasteiger partial charge in [-0.2, -0.15) is 0 Å². The highest BCUT2D eigenvalue weighted by Crippen LogP contribution is 2.13. The van der Waals surface area contributed by atoms with Gasteiger partial charge in [-0.3, -0.25) is 4.99 Å². The van der Waals surface area contributed by atoms with E-state index >= 15 is 0 Å². The Hall–Kier alpha value is -1.13. The minimum absolute atomic E-state index is 0. The summed E-state index contributed by atoms with van der Waals surface area (Å²) in [6.45, 7) is 7.24. The monoisotopic (exact) mass is 478 g/mol. The van der Waals surface area contributed by atoms with Crippen LogP contribution in [-0.2, 0) is 16.0 Å². The highest BCUT2D eigenvalue weighted by atomic mass is 127. The predicted octanol–water partition coefficient (Wildman–Crippen LogP) is 2.21. The van der Waals surface area contributed by atoms with Crippen molar-refractivity contribution in [2.24, 2.45) is 10.9 Å². The topological polar surface area (TPSA) is 77.0 Å². The number of nitrogens with zero attached hydrogens (tertiary/aromatic N) is 2. The molecular formula is C18H31IN4O3. The first-order valence-electron chi connectivity index (χ1n) is 9.00. The number of pyridine rings is 1. The third-order valence-electron chi connectivity index (χ3n) is 3.94. The highest BCUT2D eigenvalue weighted by Gasteiger charge is 2.15. The van der Waals surface area contributed by atoms with Gasteiger partial charge in [-0.15, -0.1) is 24.0 Å². The molecule has 26 heavy (non-hydrogen) atoms. The van der Waals surface area contributed by atoms with Gasteiger partial charge < -0.3 is 24.8 Å². The molecule has 2 rings (SSSR count). The van der Waals surface area contributed by atoms with E-state index in [4.69, 9.17) is 14.2 Å². The van der Waals surface area contributed by atoms with Crippen LogP contribution in [0.4, 0.5) is 0 Å². The summed E-state index contributed by atoms with van der Waals surface area (Å²) in [5.74, 6) is 1.99. The van der Waals surface area contributed by atoms with E-state index in [9.17, 15) is 0 Å². The first-order chi connectivity index (χ1) is 12.3. The lowest BCUT2D eigenvalue weighted by molar-refractivity contribution is 0.0888. The average Bonchev–Trinajstić information content (AvgIpc) is 3.15. The van der Waals surface area contributed by atoms with Crippen molar-refractivity contribution in [2.45, 2.75) is 26.3 Å². The maximum Gasteiger partial charge on any atom is 0.218 e. The van der Waals surface area contributed by atoms with E-state index < -0.39 is 0 Å². The number of halogens is 1. The zero-order chi connectivity index (χ0) is 17.7. The highest BCUT2D eigenvalue weighted by molar-refractivity contribution is 14.0. The van der Waals surface area contributed by atoms with Crippen LogP contribution in [0.5, 0.6) is 5.88 Å². The second kappa shape index (κ2) is 14.0. The molecule has 1 unspecified atom stereocenters. The van der Waals surface area contributed by atoms with E-state index in [2.05, 4.69) is 20.6 Å². The van der Waals surface area contributed by atoms with Gasteiger partial charge in [0.2, 0.25) is 5.88 Å². The van der Waals surface area contributed by atoms with Crippen molar-refractivity contribution in [1.29, 1.82) is 0 Å². The van der Waals surface area contributed by atoms with Crippen LogP contribution >= 0.6 is 24.0 Å². The Morgan fingerprint density at radius 3 is 3.04 bits per heavy atom. The van der Waals surface area contributed by atoms with Crippen LogP contribution < -0.4 is 15.4 Å². The number of rotatable bonds is 10. The van der Waals surface area contributed by atoms with Crippen LogP contribution in [0.3, 0.4) is 0 Å². The Morgan fingerprint density at radius 1 is 1.42 bits per heavy atom. The zero-order valence-electron chi connectivity index (χ0n) is 15.7. The quantitative estimate of drug-likeness (QED) is 0.233. The van der Waals surface area contributed by atoms with Crippen molar-refractivity contribution in [3.8, 4) is 5.88 Å². The number of nitrogens with one attached hydrogen (secondary N) is 2. The van der Waals surface area contributed by atoms with Crippen molar-refractivity contribution < 1.29 is 14.2 Å². The van der Waals surface area contributed by atoms with Gasteiger partial charge in [0.15, 0.2) is 5.96 Å². The molecule has 0 saturated carbocycles. The van der Waals surface area contributed by atoms with Gasteiger partial charge in [0.25, 0.3) is 0 Å². The molecule has 1 aromatic heterocycles. The summed E-state index contributed by atoms with van der Waals surface area (Å²) in [4.78, 5) is 8.49. The molecule has 1 aliphatic rings. The summed E-state index contributed by atoms with van der Waals surface area (Å²) < 4.78 is 16.6. The molecule has 1 aliphatic heterocycles. The molecule has 1 atom stereocenters. The first-order valence-corrected chi connectivity index (χ1v) is 9.00. The van der Waals surface area contributed by atoms with Crippen LogP contribution in [0.15, 0.2) is 23.3 Å². The maximum atomic E-state index is 5.70. The van der Waals surface area contributed by atoms with E-state index in [1.165, 1.54) is 0 Å². The van der Waals surface area contributed by atoms with E-state index in [1.807, 2.05) is 19.1 Å². The normalized spacial score (nSPS) is 16.8. The van der Waals surface area contributed by atoms with Crippen molar-refractivity contribution in [2.75, 3.05) is 46.6 Å². The van der Waals surface area contributed by atoms with Gasteiger partial charge in [-0.25, -0.2) is 4.98 Å². The molecule has 1 aromatic rings. The lowest BCUT2D eigenvalue weighted by Gasteiger charge is -2.14. The molecule has 1 saturated heterocycles. The number of hydrogen-bond acceptors (Lipinski definition) is 5. The molecule has 0 bridgehead atoms. The summed E-state index contributed by atoms with van der Waals surface area (Å²) in [5, 5.41) is 6.57. The van der Waals surface area contributed by atoms with Crippen molar-refractivity contribution >= 4 is 29.9 Å². The van der Waals surface area contributed by atoms with Crippen LogP contribution in [0.1, 0.15) is 25.3 Å². The van der Waals surface area contributed by atoms with Crippen molar-refractivity contribution in [1.82, 2.24) is 15.6 Å². The van der Waals surface area contributed by atoms with Gasteiger partial charge in [0.05, 0.1) is 19.8 Å². The van der Waals surface area contributed by atoms with Crippen LogP contribution in [0.25, 0.3) is 0 Å². The van der Waals surface area contributed by atoms with E-state index in [-0.39, 0.29) is 24.0 Å². The summed E-state index contributed by atoms with van der Waals surface area (Å²) in [6, 6.07) is 3.90. The predicted molar refractivity (Wildman–Crippen MR) is 113 cm³/mol. The van der Waals surface area contributed by atoms with Gasteiger partial charge >= 0.3 is 0 Å². The molecule has 148 valence electrons. The van der Waals surface area contributed by atoms with Gasteiger partial charge in [0, 0.05) is 51.0 Å². The first kappa shape index (κ1) is 22.9. The molecule has 0 aromatic carbocycles. The Kier molecular flexibility index (Phi) is 12.3. The standard InChI is InChI=1S/C18H30N4O3.HI/c1-3-25-17-16(6-4-8-20-17)12-22-18(19-2)21-9-5-10-23-13-15-7-11-24-14-15;/h4,6,8,15H,3,5,7,9-14H2,1-2H3,(H2,19,21,22);1H. The Morgan fingerprint density at radius 2 is 2.31 bits per heavy atom. The Bertz CT molecular complexity index is 525. The minimum atomic E-state index is 0. The largest absolute Gasteiger partial charge is 0.478 e. The third-order valence-corrected chi connectivity index (χ3v) is 3.94. The Balaban J connectivity index is 0.00000338. The third kappa shape index (κ3) is 8.50. The van der Waals surface area contributed by atoms with E-state index in [0.717, 1.165) is 57.3 Å². The average molecular weight is 478 g/mol. The molecule has 2 heterocycles. The second-order valence-corrected chi connectivity index (χ2v) is 5.91. The lowest BCUT2D eigenvalue weighted by atomic mass is 10.1. The van der Waals surface area contributed by atoms with Crippen LogP contribution in [0.2, 0.25) is 0 Å².